The number of nitrogens with two attached hydrogens (primary N) is 1. The van der Waals surface area contributed by atoms with Gasteiger partial charge in [-0.2, -0.15) is 0 Å². The predicted octanol–water partition coefficient (Wildman–Crippen LogP) is 1.63. The Labute approximate surface area is 124 Å². The number of nitrogen functional groups attached to an aromatic ring is 1. The number of hydrogen-bond donors (Lipinski definition) is 3. The van der Waals surface area contributed by atoms with E-state index in [4.69, 9.17) is 5.84 Å². The van der Waals surface area contributed by atoms with Gasteiger partial charge >= 0.3 is 0 Å². The van der Waals surface area contributed by atoms with Gasteiger partial charge in [-0.15, -0.1) is 0 Å². The second kappa shape index (κ2) is 5.73. The molecule has 0 aliphatic heterocycles. The van der Waals surface area contributed by atoms with Crippen molar-refractivity contribution in [3.8, 4) is 0 Å². The van der Waals surface area contributed by atoms with Crippen molar-refractivity contribution < 1.29 is 8.42 Å². The molecule has 0 saturated heterocycles. The molecule has 2 aromatic rings. The van der Waals surface area contributed by atoms with Crippen molar-refractivity contribution in [2.45, 2.75) is 11.8 Å². The Morgan fingerprint density at radius 3 is 2.55 bits per heavy atom. The van der Waals surface area contributed by atoms with Crippen LogP contribution >= 0.6 is 15.9 Å². The van der Waals surface area contributed by atoms with E-state index >= 15 is 0 Å². The van der Waals surface area contributed by atoms with Crippen LogP contribution in [0.1, 0.15) is 5.56 Å². The molecule has 20 heavy (non-hydrogen) atoms. The number of hydrazine groups is 1. The fraction of sp³-hybridized carbons (Fsp3) is 0.0909. The van der Waals surface area contributed by atoms with Gasteiger partial charge in [-0.1, -0.05) is 0 Å². The van der Waals surface area contributed by atoms with Crippen molar-refractivity contribution in [3.05, 3.63) is 40.6 Å². The molecule has 2 rings (SSSR count). The first kappa shape index (κ1) is 14.7. The van der Waals surface area contributed by atoms with Gasteiger partial charge in [0.1, 0.15) is 16.5 Å². The number of anilines is 2. The fourth-order valence-electron chi connectivity index (χ4n) is 1.46. The van der Waals surface area contributed by atoms with Gasteiger partial charge in [-0.05, 0) is 46.6 Å². The van der Waals surface area contributed by atoms with E-state index in [2.05, 4.69) is 36.0 Å². The number of halogens is 1. The van der Waals surface area contributed by atoms with Crippen molar-refractivity contribution in [3.63, 3.8) is 0 Å². The van der Waals surface area contributed by atoms with E-state index in [1.54, 1.807) is 13.0 Å². The lowest BCUT2D eigenvalue weighted by molar-refractivity contribution is 0.600. The average molecular weight is 358 g/mol. The van der Waals surface area contributed by atoms with Crippen molar-refractivity contribution in [1.29, 1.82) is 0 Å². The van der Waals surface area contributed by atoms with Crippen molar-refractivity contribution in [2.24, 2.45) is 5.84 Å². The fourth-order valence-corrected chi connectivity index (χ4v) is 2.93. The normalized spacial score (nSPS) is 11.2. The van der Waals surface area contributed by atoms with E-state index in [1.165, 1.54) is 24.5 Å². The van der Waals surface area contributed by atoms with Crippen molar-refractivity contribution >= 4 is 37.6 Å². The maximum atomic E-state index is 12.2. The summed E-state index contributed by atoms with van der Waals surface area (Å²) in [6.45, 7) is 1.76. The van der Waals surface area contributed by atoms with Crippen molar-refractivity contribution in [1.82, 2.24) is 9.97 Å². The molecular formula is C11H12BrN5O2S. The summed E-state index contributed by atoms with van der Waals surface area (Å²) in [5.41, 5.74) is 3.03. The molecule has 2 heterocycles. The van der Waals surface area contributed by atoms with E-state index in [0.29, 0.717) is 11.4 Å². The largest absolute Gasteiger partial charge is 0.308 e. The van der Waals surface area contributed by atoms with Crippen LogP contribution in [0.25, 0.3) is 0 Å². The minimum Gasteiger partial charge on any atom is -0.308 e. The molecule has 0 radical (unpaired) electrons. The van der Waals surface area contributed by atoms with Crippen LogP contribution in [0, 0.1) is 6.92 Å². The first-order valence-electron chi connectivity index (χ1n) is 5.50. The number of rotatable bonds is 4. The second-order valence-electron chi connectivity index (χ2n) is 3.95. The van der Waals surface area contributed by atoms with Gasteiger partial charge in [-0.3, -0.25) is 4.72 Å². The third-order valence-electron chi connectivity index (χ3n) is 2.47. The first-order valence-corrected chi connectivity index (χ1v) is 7.77. The van der Waals surface area contributed by atoms with Gasteiger partial charge in [0.2, 0.25) is 0 Å². The summed E-state index contributed by atoms with van der Waals surface area (Å²) in [4.78, 5) is 7.92. The van der Waals surface area contributed by atoms with Crippen LogP contribution in [0.4, 0.5) is 11.6 Å². The molecule has 0 atom stereocenters. The minimum atomic E-state index is -3.73. The zero-order valence-electron chi connectivity index (χ0n) is 10.5. The monoisotopic (exact) mass is 357 g/mol. The molecule has 0 amide bonds. The Morgan fingerprint density at radius 1 is 1.25 bits per heavy atom. The molecule has 0 unspecified atom stereocenters. The van der Waals surface area contributed by atoms with Crippen LogP contribution < -0.4 is 16.0 Å². The van der Waals surface area contributed by atoms with Gasteiger partial charge in [0, 0.05) is 16.9 Å². The molecule has 9 heteroatoms. The highest BCUT2D eigenvalue weighted by molar-refractivity contribution is 9.10. The van der Waals surface area contributed by atoms with Gasteiger partial charge < -0.3 is 5.43 Å². The number of nitrogens with one attached hydrogen (secondary N) is 2. The van der Waals surface area contributed by atoms with E-state index in [1.807, 2.05) is 0 Å². The predicted molar refractivity (Wildman–Crippen MR) is 79.5 cm³/mol. The Kier molecular flexibility index (Phi) is 4.21. The Bertz CT molecular complexity index is 718. The van der Waals surface area contributed by atoms with E-state index in [9.17, 15) is 8.42 Å². The molecular weight excluding hydrogens is 346 g/mol. The third kappa shape index (κ3) is 3.24. The van der Waals surface area contributed by atoms with Crippen molar-refractivity contribution in [2.75, 3.05) is 10.1 Å². The van der Waals surface area contributed by atoms with Crippen LogP contribution in [-0.4, -0.2) is 18.4 Å². The summed E-state index contributed by atoms with van der Waals surface area (Å²) in [7, 11) is -3.73. The number of sulfonamides is 1. The van der Waals surface area contributed by atoms with Gasteiger partial charge in [0.25, 0.3) is 10.0 Å². The van der Waals surface area contributed by atoms with E-state index in [-0.39, 0.29) is 10.7 Å². The minimum absolute atomic E-state index is 0.0284. The molecule has 0 saturated carbocycles. The molecule has 7 nitrogen and oxygen atoms in total. The third-order valence-corrected chi connectivity index (χ3v) is 4.23. The summed E-state index contributed by atoms with van der Waals surface area (Å²) in [5, 5.41) is 0. The van der Waals surface area contributed by atoms with Crippen LogP contribution in [0.2, 0.25) is 0 Å². The molecule has 0 spiro atoms. The highest BCUT2D eigenvalue weighted by Gasteiger charge is 2.16. The number of aromatic nitrogens is 2. The molecule has 0 bridgehead atoms. The van der Waals surface area contributed by atoms with E-state index in [0.717, 1.165) is 4.47 Å². The number of pyridine rings is 2. The Hall–Kier alpha value is -1.71. The number of aryl methyl sites for hydroxylation is 1. The second-order valence-corrected chi connectivity index (χ2v) is 6.55. The molecule has 2 aromatic heterocycles. The summed E-state index contributed by atoms with van der Waals surface area (Å²) >= 11 is 3.27. The SMILES string of the molecule is Cc1cc(Br)cnc1NS(=O)(=O)c1ccc(NN)nc1. The van der Waals surface area contributed by atoms with Crippen LogP contribution in [-0.2, 0) is 10.0 Å². The van der Waals surface area contributed by atoms with Gasteiger partial charge in [0.05, 0.1) is 0 Å². The van der Waals surface area contributed by atoms with Crippen LogP contribution in [0.15, 0.2) is 40.0 Å². The molecule has 0 aromatic carbocycles. The highest BCUT2D eigenvalue weighted by Crippen LogP contribution is 2.20. The lowest BCUT2D eigenvalue weighted by Crippen LogP contribution is -2.15. The van der Waals surface area contributed by atoms with E-state index < -0.39 is 10.0 Å². The summed E-state index contributed by atoms with van der Waals surface area (Å²) in [6.07, 6.45) is 2.73. The Morgan fingerprint density at radius 2 is 2.00 bits per heavy atom. The highest BCUT2D eigenvalue weighted by atomic mass is 79.9. The lowest BCUT2D eigenvalue weighted by atomic mass is 10.3. The van der Waals surface area contributed by atoms with Gasteiger partial charge in [-0.25, -0.2) is 24.2 Å². The summed E-state index contributed by atoms with van der Waals surface area (Å²) < 4.78 is 27.6. The maximum Gasteiger partial charge on any atom is 0.264 e. The summed E-state index contributed by atoms with van der Waals surface area (Å²) in [6, 6.07) is 4.64. The molecule has 4 N–H and O–H groups in total. The van der Waals surface area contributed by atoms with Crippen LogP contribution in [0.3, 0.4) is 0 Å². The zero-order chi connectivity index (χ0) is 14.8. The topological polar surface area (TPSA) is 110 Å². The number of nitrogens with zero attached hydrogens (tertiary/aromatic N) is 2. The maximum absolute atomic E-state index is 12.2. The molecule has 0 aliphatic rings. The standard InChI is InChI=1S/C11H12BrN5O2S/c1-7-4-8(12)5-15-11(7)17-20(18,19)9-2-3-10(16-13)14-6-9/h2-6H,13H2,1H3,(H,14,16)(H,15,17). The smallest absolute Gasteiger partial charge is 0.264 e. The molecule has 0 aliphatic carbocycles. The number of hydrogen-bond acceptors (Lipinski definition) is 6. The van der Waals surface area contributed by atoms with Gasteiger partial charge in [0.15, 0.2) is 0 Å². The lowest BCUT2D eigenvalue weighted by Gasteiger charge is -2.10. The van der Waals surface area contributed by atoms with Crippen LogP contribution in [0.5, 0.6) is 0 Å². The molecule has 106 valence electrons. The first-order chi connectivity index (χ1) is 9.42. The summed E-state index contributed by atoms with van der Waals surface area (Å²) in [5.74, 6) is 5.82. The molecule has 0 fully saturated rings. The average Bonchev–Trinajstić information content (AvgIpc) is 2.42. The Balaban J connectivity index is 2.30. The quantitative estimate of drug-likeness (QED) is 0.566. The zero-order valence-corrected chi connectivity index (χ0v) is 12.9.